The van der Waals surface area contributed by atoms with Gasteiger partial charge in [0.05, 0.1) is 0 Å². The van der Waals surface area contributed by atoms with Crippen molar-refractivity contribution in [3.8, 4) is 0 Å². The summed E-state index contributed by atoms with van der Waals surface area (Å²) in [6.45, 7) is 0.710. The minimum absolute atomic E-state index is 0.0274. The van der Waals surface area contributed by atoms with Crippen LogP contribution in [0.5, 0.6) is 0 Å². The first-order valence-electron chi connectivity index (χ1n) is 10.1. The number of hydrogen-bond donors (Lipinski definition) is 2. The highest BCUT2D eigenvalue weighted by Gasteiger charge is 2.35. The molecular formula is C19H33N3O2. The SMILES string of the molecule is O=C(NC1CCCCCC1)C1CCCN1C(=O)NC1CCCCC1. The van der Waals surface area contributed by atoms with E-state index in [0.29, 0.717) is 18.6 Å². The summed E-state index contributed by atoms with van der Waals surface area (Å²) in [5, 5.41) is 6.39. The molecule has 1 aliphatic heterocycles. The predicted octanol–water partition coefficient (Wildman–Crippen LogP) is 3.33. The molecule has 1 unspecified atom stereocenters. The first kappa shape index (κ1) is 17.6. The summed E-state index contributed by atoms with van der Waals surface area (Å²) in [4.78, 5) is 27.1. The van der Waals surface area contributed by atoms with Gasteiger partial charge >= 0.3 is 6.03 Å². The second-order valence-electron chi connectivity index (χ2n) is 7.83. The normalized spacial score (nSPS) is 26.8. The summed E-state index contributed by atoms with van der Waals surface area (Å²) in [5.74, 6) is 0.0678. The van der Waals surface area contributed by atoms with Gasteiger partial charge in [-0.15, -0.1) is 0 Å². The Hall–Kier alpha value is -1.26. The van der Waals surface area contributed by atoms with Crippen LogP contribution in [0.1, 0.15) is 83.5 Å². The summed E-state index contributed by atoms with van der Waals surface area (Å²) < 4.78 is 0. The second kappa shape index (κ2) is 8.72. The van der Waals surface area contributed by atoms with E-state index in [2.05, 4.69) is 10.6 Å². The van der Waals surface area contributed by atoms with Gasteiger partial charge in [-0.05, 0) is 38.5 Å². The Bertz CT molecular complexity index is 426. The quantitative estimate of drug-likeness (QED) is 0.777. The molecule has 2 aliphatic carbocycles. The van der Waals surface area contributed by atoms with Gasteiger partial charge in [-0.1, -0.05) is 44.9 Å². The Morgan fingerprint density at radius 2 is 1.21 bits per heavy atom. The molecule has 3 rings (SSSR count). The van der Waals surface area contributed by atoms with E-state index in [1.54, 1.807) is 4.90 Å². The van der Waals surface area contributed by atoms with Crippen LogP contribution in [-0.4, -0.2) is 41.5 Å². The third-order valence-electron chi connectivity index (χ3n) is 5.95. The number of carbonyl (C=O) groups is 2. The first-order valence-corrected chi connectivity index (χ1v) is 10.1. The Balaban J connectivity index is 1.51. The predicted molar refractivity (Wildman–Crippen MR) is 94.8 cm³/mol. The topological polar surface area (TPSA) is 61.4 Å². The summed E-state index contributed by atoms with van der Waals surface area (Å²) >= 11 is 0. The van der Waals surface area contributed by atoms with E-state index in [0.717, 1.165) is 38.5 Å². The molecule has 5 nitrogen and oxygen atoms in total. The number of carbonyl (C=O) groups excluding carboxylic acids is 2. The van der Waals surface area contributed by atoms with Gasteiger partial charge in [-0.2, -0.15) is 0 Å². The third-order valence-corrected chi connectivity index (χ3v) is 5.95. The zero-order valence-corrected chi connectivity index (χ0v) is 14.9. The maximum Gasteiger partial charge on any atom is 0.318 e. The second-order valence-corrected chi connectivity index (χ2v) is 7.83. The number of likely N-dealkylation sites (tertiary alicyclic amines) is 1. The average molecular weight is 335 g/mol. The molecule has 136 valence electrons. The van der Waals surface area contributed by atoms with E-state index in [9.17, 15) is 9.59 Å². The van der Waals surface area contributed by atoms with Crippen LogP contribution in [0.3, 0.4) is 0 Å². The van der Waals surface area contributed by atoms with Crippen LogP contribution in [0.25, 0.3) is 0 Å². The van der Waals surface area contributed by atoms with Gasteiger partial charge in [0, 0.05) is 18.6 Å². The van der Waals surface area contributed by atoms with Crippen molar-refractivity contribution in [2.45, 2.75) is 102 Å². The van der Waals surface area contributed by atoms with Crippen molar-refractivity contribution in [3.05, 3.63) is 0 Å². The lowest BCUT2D eigenvalue weighted by molar-refractivity contribution is -0.125. The van der Waals surface area contributed by atoms with Gasteiger partial charge in [0.15, 0.2) is 0 Å². The molecule has 1 heterocycles. The van der Waals surface area contributed by atoms with Crippen LogP contribution in [0.4, 0.5) is 4.79 Å². The van der Waals surface area contributed by atoms with Crippen molar-refractivity contribution in [1.82, 2.24) is 15.5 Å². The van der Waals surface area contributed by atoms with Gasteiger partial charge in [-0.25, -0.2) is 4.79 Å². The van der Waals surface area contributed by atoms with Crippen LogP contribution < -0.4 is 10.6 Å². The van der Waals surface area contributed by atoms with E-state index in [1.165, 1.54) is 44.9 Å². The lowest BCUT2D eigenvalue weighted by Gasteiger charge is -2.29. The zero-order chi connectivity index (χ0) is 16.8. The van der Waals surface area contributed by atoms with Crippen molar-refractivity contribution in [2.75, 3.05) is 6.54 Å². The smallest absolute Gasteiger partial charge is 0.318 e. The molecule has 5 heteroatoms. The van der Waals surface area contributed by atoms with Crippen molar-refractivity contribution in [1.29, 1.82) is 0 Å². The molecule has 0 radical (unpaired) electrons. The standard InChI is InChI=1S/C19H33N3O2/c23-18(20-15-9-4-1-2-5-10-15)17-13-8-14-22(17)19(24)21-16-11-6-3-7-12-16/h15-17H,1-14H2,(H,20,23)(H,21,24). The Kier molecular flexibility index (Phi) is 6.38. The average Bonchev–Trinajstić information content (AvgIpc) is 2.95. The fraction of sp³-hybridized carbons (Fsp3) is 0.895. The summed E-state index contributed by atoms with van der Waals surface area (Å²) in [6.07, 6.45) is 14.8. The number of amides is 3. The summed E-state index contributed by atoms with van der Waals surface area (Å²) in [5.41, 5.74) is 0. The van der Waals surface area contributed by atoms with Crippen molar-refractivity contribution in [3.63, 3.8) is 0 Å². The maximum atomic E-state index is 12.7. The van der Waals surface area contributed by atoms with E-state index >= 15 is 0 Å². The molecular weight excluding hydrogens is 302 g/mol. The number of hydrogen-bond acceptors (Lipinski definition) is 2. The van der Waals surface area contributed by atoms with Gasteiger partial charge < -0.3 is 15.5 Å². The molecule has 0 aromatic rings. The van der Waals surface area contributed by atoms with Crippen molar-refractivity contribution in [2.24, 2.45) is 0 Å². The summed E-state index contributed by atoms with van der Waals surface area (Å²) in [7, 11) is 0. The molecule has 2 saturated carbocycles. The molecule has 1 saturated heterocycles. The Morgan fingerprint density at radius 1 is 0.667 bits per heavy atom. The number of nitrogens with zero attached hydrogens (tertiary/aromatic N) is 1. The van der Waals surface area contributed by atoms with Crippen LogP contribution in [-0.2, 0) is 4.79 Å². The van der Waals surface area contributed by atoms with Gasteiger partial charge in [-0.3, -0.25) is 4.79 Å². The highest BCUT2D eigenvalue weighted by Crippen LogP contribution is 2.22. The molecule has 0 aromatic carbocycles. The Labute approximate surface area is 145 Å². The molecule has 2 N–H and O–H groups in total. The molecule has 3 fully saturated rings. The highest BCUT2D eigenvalue weighted by molar-refractivity contribution is 5.87. The largest absolute Gasteiger partial charge is 0.352 e. The van der Waals surface area contributed by atoms with Crippen LogP contribution >= 0.6 is 0 Å². The van der Waals surface area contributed by atoms with Gasteiger partial charge in [0.25, 0.3) is 0 Å². The van der Waals surface area contributed by atoms with Gasteiger partial charge in [0.1, 0.15) is 6.04 Å². The Morgan fingerprint density at radius 3 is 1.83 bits per heavy atom. The highest BCUT2D eigenvalue weighted by atomic mass is 16.2. The molecule has 0 spiro atoms. The molecule has 3 amide bonds. The third kappa shape index (κ3) is 4.64. The molecule has 0 aromatic heterocycles. The maximum absolute atomic E-state index is 12.7. The fourth-order valence-corrected chi connectivity index (χ4v) is 4.51. The minimum atomic E-state index is -0.267. The lowest BCUT2D eigenvalue weighted by atomic mass is 9.96. The van der Waals surface area contributed by atoms with Crippen LogP contribution in [0.15, 0.2) is 0 Å². The zero-order valence-electron chi connectivity index (χ0n) is 14.9. The van der Waals surface area contributed by atoms with Crippen molar-refractivity contribution >= 4 is 11.9 Å². The molecule has 0 bridgehead atoms. The molecule has 3 aliphatic rings. The minimum Gasteiger partial charge on any atom is -0.352 e. The van der Waals surface area contributed by atoms with E-state index in [1.807, 2.05) is 0 Å². The number of nitrogens with one attached hydrogen (secondary N) is 2. The van der Waals surface area contributed by atoms with Crippen LogP contribution in [0.2, 0.25) is 0 Å². The number of urea groups is 1. The first-order chi connectivity index (χ1) is 11.7. The van der Waals surface area contributed by atoms with Crippen molar-refractivity contribution < 1.29 is 9.59 Å². The van der Waals surface area contributed by atoms with Crippen LogP contribution in [0, 0.1) is 0 Å². The van der Waals surface area contributed by atoms with Gasteiger partial charge in [0.2, 0.25) is 5.91 Å². The van der Waals surface area contributed by atoms with E-state index < -0.39 is 0 Å². The number of rotatable bonds is 3. The summed E-state index contributed by atoms with van der Waals surface area (Å²) in [6, 6.07) is 0.318. The van der Waals surface area contributed by atoms with E-state index in [4.69, 9.17) is 0 Å². The van der Waals surface area contributed by atoms with E-state index in [-0.39, 0.29) is 18.0 Å². The monoisotopic (exact) mass is 335 g/mol. The molecule has 1 atom stereocenters. The molecule has 24 heavy (non-hydrogen) atoms. The lowest BCUT2D eigenvalue weighted by Crippen LogP contribution is -2.53. The fourth-order valence-electron chi connectivity index (χ4n) is 4.51.